The standard InChI is InChI=1S/C19H25NO6/c1-6-25-18(23)16(13(4)21)20(15-10-8-12(3)9-11-15)17(14(5)22)19(24)26-7-2/h8-11,21-22H,6-7H2,1-5H3/b16-13+,17-14+. The first kappa shape index (κ1) is 21.1. The van der Waals surface area contributed by atoms with E-state index in [1.807, 2.05) is 6.92 Å². The molecule has 0 aromatic heterocycles. The van der Waals surface area contributed by atoms with Gasteiger partial charge >= 0.3 is 11.9 Å². The smallest absolute Gasteiger partial charge is 0.358 e. The van der Waals surface area contributed by atoms with E-state index in [9.17, 15) is 19.8 Å². The van der Waals surface area contributed by atoms with Crippen molar-refractivity contribution >= 4 is 17.6 Å². The minimum atomic E-state index is -0.837. The monoisotopic (exact) mass is 363 g/mol. The van der Waals surface area contributed by atoms with Crippen molar-refractivity contribution in [3.63, 3.8) is 0 Å². The van der Waals surface area contributed by atoms with E-state index >= 15 is 0 Å². The van der Waals surface area contributed by atoms with Gasteiger partial charge in [0.05, 0.1) is 13.2 Å². The number of aliphatic hydroxyl groups excluding tert-OH is 2. The van der Waals surface area contributed by atoms with Gasteiger partial charge in [-0.25, -0.2) is 9.59 Å². The number of aliphatic hydroxyl groups is 2. The highest BCUT2D eigenvalue weighted by Crippen LogP contribution is 2.29. The number of benzene rings is 1. The van der Waals surface area contributed by atoms with Crippen LogP contribution in [0.2, 0.25) is 0 Å². The van der Waals surface area contributed by atoms with E-state index in [2.05, 4.69) is 0 Å². The van der Waals surface area contributed by atoms with E-state index < -0.39 is 11.9 Å². The van der Waals surface area contributed by atoms with E-state index in [1.54, 1.807) is 38.1 Å². The third kappa shape index (κ3) is 5.02. The topological polar surface area (TPSA) is 96.3 Å². The quantitative estimate of drug-likeness (QED) is 0.435. The fourth-order valence-electron chi connectivity index (χ4n) is 2.26. The first-order chi connectivity index (χ1) is 12.2. The molecule has 0 saturated carbocycles. The molecule has 0 radical (unpaired) electrons. The molecule has 0 aliphatic carbocycles. The number of aryl methyl sites for hydroxylation is 1. The molecule has 26 heavy (non-hydrogen) atoms. The van der Waals surface area contributed by atoms with E-state index in [1.165, 1.54) is 13.8 Å². The zero-order valence-corrected chi connectivity index (χ0v) is 15.7. The summed E-state index contributed by atoms with van der Waals surface area (Å²) in [6, 6.07) is 6.85. The molecule has 0 heterocycles. The average Bonchev–Trinajstić information content (AvgIpc) is 2.55. The number of anilines is 1. The summed E-state index contributed by atoms with van der Waals surface area (Å²) >= 11 is 0. The Morgan fingerprint density at radius 1 is 0.885 bits per heavy atom. The van der Waals surface area contributed by atoms with Crippen molar-refractivity contribution in [2.24, 2.45) is 0 Å². The Labute approximate surface area is 153 Å². The average molecular weight is 363 g/mol. The van der Waals surface area contributed by atoms with Gasteiger partial charge in [-0.05, 0) is 46.8 Å². The van der Waals surface area contributed by atoms with E-state index in [0.29, 0.717) is 5.69 Å². The molecule has 7 heteroatoms. The van der Waals surface area contributed by atoms with Gasteiger partial charge < -0.3 is 19.7 Å². The molecule has 0 amide bonds. The Balaban J connectivity index is 3.69. The normalized spacial score (nSPS) is 12.7. The largest absolute Gasteiger partial charge is 0.510 e. The van der Waals surface area contributed by atoms with Crippen LogP contribution >= 0.6 is 0 Å². The summed E-state index contributed by atoms with van der Waals surface area (Å²) < 4.78 is 10.0. The van der Waals surface area contributed by atoms with Crippen LogP contribution in [0.1, 0.15) is 33.3 Å². The Morgan fingerprint density at radius 3 is 1.58 bits per heavy atom. The van der Waals surface area contributed by atoms with E-state index in [0.717, 1.165) is 10.5 Å². The van der Waals surface area contributed by atoms with Gasteiger partial charge in [0.2, 0.25) is 0 Å². The molecule has 0 unspecified atom stereocenters. The Bertz CT molecular complexity index is 670. The van der Waals surface area contributed by atoms with Crippen LogP contribution in [0.25, 0.3) is 0 Å². The van der Waals surface area contributed by atoms with Gasteiger partial charge in [0.15, 0.2) is 11.4 Å². The number of rotatable bonds is 7. The third-order valence-corrected chi connectivity index (χ3v) is 3.36. The number of carbonyl (C=O) groups is 2. The molecule has 0 fully saturated rings. The first-order valence-corrected chi connectivity index (χ1v) is 8.25. The molecule has 142 valence electrons. The van der Waals surface area contributed by atoms with Crippen LogP contribution in [0.5, 0.6) is 0 Å². The summed E-state index contributed by atoms with van der Waals surface area (Å²) in [4.78, 5) is 26.0. The lowest BCUT2D eigenvalue weighted by Crippen LogP contribution is -2.34. The molecule has 0 spiro atoms. The van der Waals surface area contributed by atoms with E-state index in [4.69, 9.17) is 9.47 Å². The fourth-order valence-corrected chi connectivity index (χ4v) is 2.26. The maximum Gasteiger partial charge on any atom is 0.358 e. The molecule has 2 N–H and O–H groups in total. The molecule has 7 nitrogen and oxygen atoms in total. The molecule has 1 aromatic carbocycles. The molecule has 1 rings (SSSR count). The lowest BCUT2D eigenvalue weighted by Gasteiger charge is -2.28. The minimum absolute atomic E-state index is 0.0773. The Morgan fingerprint density at radius 2 is 1.27 bits per heavy atom. The molecule has 0 aliphatic rings. The van der Waals surface area contributed by atoms with Crippen LogP contribution in [-0.4, -0.2) is 35.4 Å². The van der Waals surface area contributed by atoms with Gasteiger partial charge in [0.25, 0.3) is 0 Å². The second kappa shape index (κ2) is 9.50. The molecular weight excluding hydrogens is 338 g/mol. The van der Waals surface area contributed by atoms with Crippen LogP contribution in [-0.2, 0) is 19.1 Å². The van der Waals surface area contributed by atoms with Crippen LogP contribution in [0.4, 0.5) is 5.69 Å². The van der Waals surface area contributed by atoms with Crippen molar-refractivity contribution in [2.45, 2.75) is 34.6 Å². The second-order valence-electron chi connectivity index (χ2n) is 5.48. The zero-order valence-electron chi connectivity index (χ0n) is 15.7. The Hall–Kier alpha value is -2.96. The lowest BCUT2D eigenvalue weighted by atomic mass is 10.1. The van der Waals surface area contributed by atoms with Gasteiger partial charge in [0.1, 0.15) is 11.5 Å². The third-order valence-electron chi connectivity index (χ3n) is 3.36. The minimum Gasteiger partial charge on any atom is -0.510 e. The van der Waals surface area contributed by atoms with Crippen LogP contribution in [0, 0.1) is 6.92 Å². The van der Waals surface area contributed by atoms with Gasteiger partial charge in [-0.15, -0.1) is 0 Å². The van der Waals surface area contributed by atoms with Crippen LogP contribution < -0.4 is 4.90 Å². The summed E-state index contributed by atoms with van der Waals surface area (Å²) in [5.74, 6) is -2.41. The number of allylic oxidation sites excluding steroid dienone is 2. The maximum absolute atomic E-state index is 12.4. The van der Waals surface area contributed by atoms with Gasteiger partial charge in [0, 0.05) is 5.69 Å². The van der Waals surface area contributed by atoms with Crippen molar-refractivity contribution in [3.05, 3.63) is 52.7 Å². The number of nitrogens with zero attached hydrogens (tertiary/aromatic N) is 1. The highest BCUT2D eigenvalue weighted by Gasteiger charge is 2.32. The van der Waals surface area contributed by atoms with Crippen LogP contribution in [0.15, 0.2) is 47.2 Å². The summed E-state index contributed by atoms with van der Waals surface area (Å²) in [6.07, 6.45) is 0. The van der Waals surface area contributed by atoms with Crippen LogP contribution in [0.3, 0.4) is 0 Å². The summed E-state index contributed by atoms with van der Waals surface area (Å²) in [6.45, 7) is 7.87. The molecule has 1 aromatic rings. The Kier molecular flexibility index (Phi) is 7.71. The highest BCUT2D eigenvalue weighted by atomic mass is 16.5. The van der Waals surface area contributed by atoms with E-state index in [-0.39, 0.29) is 36.1 Å². The number of hydrogen-bond acceptors (Lipinski definition) is 7. The SMILES string of the molecule is CCOC(=O)/C(=C(/C)O)N(/C(C(=O)OCC)=C(\C)O)c1ccc(C)cc1. The van der Waals surface area contributed by atoms with Crippen molar-refractivity contribution in [1.82, 2.24) is 0 Å². The maximum atomic E-state index is 12.4. The highest BCUT2D eigenvalue weighted by molar-refractivity contribution is 6.01. The molecule has 0 atom stereocenters. The lowest BCUT2D eigenvalue weighted by molar-refractivity contribution is -0.139. The number of hydrogen-bond donors (Lipinski definition) is 2. The fraction of sp³-hybridized carbons (Fsp3) is 0.368. The van der Waals surface area contributed by atoms with Gasteiger partial charge in [-0.3, -0.25) is 4.90 Å². The van der Waals surface area contributed by atoms with Gasteiger partial charge in [-0.2, -0.15) is 0 Å². The second-order valence-corrected chi connectivity index (χ2v) is 5.48. The zero-order chi connectivity index (χ0) is 19.9. The van der Waals surface area contributed by atoms with Crippen molar-refractivity contribution in [3.8, 4) is 0 Å². The summed E-state index contributed by atoms with van der Waals surface area (Å²) in [5.41, 5.74) is 0.765. The number of ether oxygens (including phenoxy) is 2. The van der Waals surface area contributed by atoms with Gasteiger partial charge in [-0.1, -0.05) is 17.7 Å². The molecular formula is C19H25NO6. The van der Waals surface area contributed by atoms with Crippen molar-refractivity contribution in [1.29, 1.82) is 0 Å². The van der Waals surface area contributed by atoms with Crippen molar-refractivity contribution in [2.75, 3.05) is 18.1 Å². The summed E-state index contributed by atoms with van der Waals surface area (Å²) in [7, 11) is 0. The molecule has 0 bridgehead atoms. The first-order valence-electron chi connectivity index (χ1n) is 8.25. The number of carbonyl (C=O) groups excluding carboxylic acids is 2. The van der Waals surface area contributed by atoms with Crippen molar-refractivity contribution < 1.29 is 29.3 Å². The molecule has 0 aliphatic heterocycles. The summed E-state index contributed by atoms with van der Waals surface area (Å²) in [5, 5.41) is 20.2. The predicted molar refractivity (Wildman–Crippen MR) is 97.6 cm³/mol. The number of esters is 2. The predicted octanol–water partition coefficient (Wildman–Crippen LogP) is 3.51. The molecule has 0 saturated heterocycles.